The van der Waals surface area contributed by atoms with Crippen molar-refractivity contribution in [1.82, 2.24) is 9.97 Å². The van der Waals surface area contributed by atoms with Crippen LogP contribution in [0.25, 0.3) is 0 Å². The summed E-state index contributed by atoms with van der Waals surface area (Å²) in [5.41, 5.74) is 0.743. The van der Waals surface area contributed by atoms with Crippen molar-refractivity contribution in [2.45, 2.75) is 35.6 Å². The molecule has 0 aliphatic rings. The van der Waals surface area contributed by atoms with Crippen LogP contribution in [0.1, 0.15) is 19.0 Å². The number of amides is 1. The largest absolute Gasteiger partial charge is 0.324 e. The molecule has 1 aromatic carbocycles. The van der Waals surface area contributed by atoms with Crippen molar-refractivity contribution in [1.29, 1.82) is 0 Å². The van der Waals surface area contributed by atoms with Gasteiger partial charge in [-0.1, -0.05) is 49.0 Å². The van der Waals surface area contributed by atoms with E-state index in [4.69, 9.17) is 0 Å². The summed E-state index contributed by atoms with van der Waals surface area (Å²) in [6.45, 7) is 1.98. The number of hydrogen-bond donors (Lipinski definition) is 2. The standard InChI is InChI=1S/C16H17F2N3O2S2/c1-2-5-10-8-13(22)21-16(19-10)24-9-14(23)20-11-6-3-4-7-12(11)25-15(17)18/h3-4,6-8,15H,2,5,9H2,1H3,(H,20,23)(H,19,21,22). The molecule has 1 heterocycles. The van der Waals surface area contributed by atoms with Gasteiger partial charge in [-0.15, -0.1) is 0 Å². The summed E-state index contributed by atoms with van der Waals surface area (Å²) in [4.78, 5) is 30.8. The number of H-pyrrole nitrogens is 1. The van der Waals surface area contributed by atoms with Gasteiger partial charge in [-0.25, -0.2) is 4.98 Å². The third kappa shape index (κ3) is 6.50. The van der Waals surface area contributed by atoms with Crippen molar-refractivity contribution in [2.75, 3.05) is 11.1 Å². The number of aryl methyl sites for hydroxylation is 1. The average Bonchev–Trinajstić information content (AvgIpc) is 2.54. The van der Waals surface area contributed by atoms with E-state index in [2.05, 4.69) is 15.3 Å². The molecule has 9 heteroatoms. The monoisotopic (exact) mass is 385 g/mol. The molecule has 134 valence electrons. The van der Waals surface area contributed by atoms with Gasteiger partial charge in [0.2, 0.25) is 5.91 Å². The molecule has 0 saturated heterocycles. The molecule has 0 atom stereocenters. The van der Waals surface area contributed by atoms with E-state index < -0.39 is 5.76 Å². The lowest BCUT2D eigenvalue weighted by Gasteiger charge is -2.10. The number of halogens is 2. The van der Waals surface area contributed by atoms with E-state index in [1.165, 1.54) is 12.1 Å². The Hall–Kier alpha value is -1.87. The summed E-state index contributed by atoms with van der Waals surface area (Å²) in [5.74, 6) is -2.93. The SMILES string of the molecule is CCCc1cc(=O)[nH]c(SCC(=O)Nc2ccccc2SC(F)F)n1. The van der Waals surface area contributed by atoms with Crippen LogP contribution in [0.3, 0.4) is 0 Å². The van der Waals surface area contributed by atoms with E-state index in [9.17, 15) is 18.4 Å². The highest BCUT2D eigenvalue weighted by molar-refractivity contribution is 8.00. The van der Waals surface area contributed by atoms with Crippen molar-refractivity contribution in [2.24, 2.45) is 0 Å². The molecule has 0 fully saturated rings. The Bertz CT molecular complexity index is 784. The molecule has 0 radical (unpaired) electrons. The zero-order valence-corrected chi connectivity index (χ0v) is 15.1. The van der Waals surface area contributed by atoms with E-state index in [1.807, 2.05) is 6.92 Å². The second-order valence-corrected chi connectivity index (χ2v) is 7.00. The van der Waals surface area contributed by atoms with Crippen LogP contribution in [0, 0.1) is 0 Å². The summed E-state index contributed by atoms with van der Waals surface area (Å²) in [7, 11) is 0. The fourth-order valence-electron chi connectivity index (χ4n) is 2.02. The van der Waals surface area contributed by atoms with Crippen LogP contribution in [0.15, 0.2) is 45.2 Å². The number of anilines is 1. The van der Waals surface area contributed by atoms with Gasteiger partial charge in [-0.05, 0) is 18.6 Å². The molecule has 0 spiro atoms. The number of carbonyl (C=O) groups excluding carboxylic acids is 1. The maximum absolute atomic E-state index is 12.5. The maximum Gasteiger partial charge on any atom is 0.288 e. The van der Waals surface area contributed by atoms with Crippen molar-refractivity contribution in [3.63, 3.8) is 0 Å². The number of alkyl halides is 2. The Balaban J connectivity index is 1.99. The Kier molecular flexibility index (Phi) is 7.45. The summed E-state index contributed by atoms with van der Waals surface area (Å²) in [5, 5.41) is 2.97. The topological polar surface area (TPSA) is 74.8 Å². The first-order chi connectivity index (χ1) is 12.0. The van der Waals surface area contributed by atoms with E-state index >= 15 is 0 Å². The van der Waals surface area contributed by atoms with Crippen molar-refractivity contribution < 1.29 is 13.6 Å². The van der Waals surface area contributed by atoms with Gasteiger partial charge in [-0.2, -0.15) is 8.78 Å². The summed E-state index contributed by atoms with van der Waals surface area (Å²) in [6.07, 6.45) is 1.54. The van der Waals surface area contributed by atoms with Gasteiger partial charge in [-0.3, -0.25) is 9.59 Å². The minimum atomic E-state index is -2.57. The second kappa shape index (κ2) is 9.57. The lowest BCUT2D eigenvalue weighted by molar-refractivity contribution is -0.113. The minimum absolute atomic E-state index is 0.00615. The number of thioether (sulfide) groups is 2. The number of rotatable bonds is 8. The Labute approximate surface area is 152 Å². The van der Waals surface area contributed by atoms with E-state index in [0.717, 1.165) is 18.2 Å². The molecular formula is C16H17F2N3O2S2. The van der Waals surface area contributed by atoms with Crippen LogP contribution >= 0.6 is 23.5 Å². The normalized spacial score (nSPS) is 10.9. The fraction of sp³-hybridized carbons (Fsp3) is 0.312. The van der Waals surface area contributed by atoms with Gasteiger partial charge in [0.1, 0.15) is 0 Å². The molecule has 0 unspecified atom stereocenters. The number of hydrogen-bond acceptors (Lipinski definition) is 5. The fourth-order valence-corrected chi connectivity index (χ4v) is 3.31. The Morgan fingerprint density at radius 1 is 1.36 bits per heavy atom. The van der Waals surface area contributed by atoms with Gasteiger partial charge < -0.3 is 10.3 Å². The lowest BCUT2D eigenvalue weighted by atomic mass is 10.2. The van der Waals surface area contributed by atoms with Gasteiger partial charge in [0, 0.05) is 16.7 Å². The first-order valence-electron chi connectivity index (χ1n) is 7.54. The third-order valence-corrected chi connectivity index (χ3v) is 4.66. The van der Waals surface area contributed by atoms with Crippen LogP contribution in [0.2, 0.25) is 0 Å². The number of para-hydroxylation sites is 1. The first kappa shape index (κ1) is 19.5. The quantitative estimate of drug-likeness (QED) is 0.534. The number of aromatic amines is 1. The molecule has 2 N–H and O–H groups in total. The highest BCUT2D eigenvalue weighted by atomic mass is 32.2. The average molecular weight is 385 g/mol. The smallest absolute Gasteiger partial charge is 0.288 e. The van der Waals surface area contributed by atoms with Crippen molar-refractivity contribution in [3.05, 3.63) is 46.4 Å². The molecule has 2 rings (SSSR count). The first-order valence-corrected chi connectivity index (χ1v) is 9.41. The molecule has 1 amide bonds. The van der Waals surface area contributed by atoms with Crippen LogP contribution < -0.4 is 10.9 Å². The molecule has 0 aliphatic carbocycles. The number of nitrogens with zero attached hydrogens (tertiary/aromatic N) is 1. The molecule has 5 nitrogen and oxygen atoms in total. The summed E-state index contributed by atoms with van der Waals surface area (Å²) >= 11 is 1.46. The molecule has 0 bridgehead atoms. The highest BCUT2D eigenvalue weighted by Crippen LogP contribution is 2.31. The summed E-state index contributed by atoms with van der Waals surface area (Å²) < 4.78 is 25.1. The predicted octanol–water partition coefficient (Wildman–Crippen LogP) is 3.77. The molecule has 0 aliphatic heterocycles. The zero-order valence-electron chi connectivity index (χ0n) is 13.4. The zero-order chi connectivity index (χ0) is 18.2. The number of nitrogens with one attached hydrogen (secondary N) is 2. The van der Waals surface area contributed by atoms with Crippen LogP contribution in [0.4, 0.5) is 14.5 Å². The lowest BCUT2D eigenvalue weighted by Crippen LogP contribution is -2.16. The highest BCUT2D eigenvalue weighted by Gasteiger charge is 2.12. The number of benzene rings is 1. The Morgan fingerprint density at radius 2 is 2.12 bits per heavy atom. The molecule has 25 heavy (non-hydrogen) atoms. The minimum Gasteiger partial charge on any atom is -0.324 e. The number of aromatic nitrogens is 2. The van der Waals surface area contributed by atoms with E-state index in [1.54, 1.807) is 18.2 Å². The van der Waals surface area contributed by atoms with Gasteiger partial charge in [0.15, 0.2) is 5.16 Å². The van der Waals surface area contributed by atoms with Crippen LogP contribution in [-0.4, -0.2) is 27.4 Å². The van der Waals surface area contributed by atoms with Crippen molar-refractivity contribution >= 4 is 35.1 Å². The van der Waals surface area contributed by atoms with Crippen LogP contribution in [-0.2, 0) is 11.2 Å². The van der Waals surface area contributed by atoms with Crippen molar-refractivity contribution in [3.8, 4) is 0 Å². The molecule has 2 aromatic rings. The summed E-state index contributed by atoms with van der Waals surface area (Å²) in [6, 6.07) is 7.81. The van der Waals surface area contributed by atoms with Gasteiger partial charge in [0.25, 0.3) is 11.3 Å². The van der Waals surface area contributed by atoms with E-state index in [0.29, 0.717) is 39.6 Å². The molecular weight excluding hydrogens is 368 g/mol. The molecule has 1 aromatic heterocycles. The number of carbonyl (C=O) groups is 1. The second-order valence-electron chi connectivity index (χ2n) is 5.00. The third-order valence-electron chi connectivity index (χ3n) is 3.00. The Morgan fingerprint density at radius 3 is 2.84 bits per heavy atom. The van der Waals surface area contributed by atoms with Gasteiger partial charge >= 0.3 is 0 Å². The van der Waals surface area contributed by atoms with Gasteiger partial charge in [0.05, 0.1) is 11.4 Å². The van der Waals surface area contributed by atoms with E-state index in [-0.39, 0.29) is 17.2 Å². The molecule has 0 saturated carbocycles. The maximum atomic E-state index is 12.5. The predicted molar refractivity (Wildman–Crippen MR) is 96.5 cm³/mol. The van der Waals surface area contributed by atoms with Crippen LogP contribution in [0.5, 0.6) is 0 Å².